The maximum Gasteiger partial charge on any atom is 0.242 e. The zero-order valence-electron chi connectivity index (χ0n) is 19.3. The summed E-state index contributed by atoms with van der Waals surface area (Å²) >= 11 is 0. The third-order valence-electron chi connectivity index (χ3n) is 6.02. The molecule has 1 heterocycles. The lowest BCUT2D eigenvalue weighted by molar-refractivity contribution is -0.129. The van der Waals surface area contributed by atoms with Crippen LogP contribution in [0.25, 0.3) is 0 Å². The molecule has 1 aliphatic heterocycles. The number of nitrogens with zero attached hydrogens (tertiary/aromatic N) is 1. The third-order valence-corrected chi connectivity index (χ3v) is 6.02. The minimum absolute atomic E-state index is 0.0220. The quantitative estimate of drug-likeness (QED) is 0.598. The lowest BCUT2D eigenvalue weighted by atomic mass is 10.0. The molecular weight excluding hydrogens is 402 g/mol. The summed E-state index contributed by atoms with van der Waals surface area (Å²) in [5, 5.41) is 6.04. The predicted molar refractivity (Wildman–Crippen MR) is 126 cm³/mol. The normalized spacial score (nSPS) is 15.9. The Balaban J connectivity index is 1.66. The van der Waals surface area contributed by atoms with Gasteiger partial charge in [-0.3, -0.25) is 14.5 Å². The lowest BCUT2D eigenvalue weighted by Gasteiger charge is -2.30. The largest absolute Gasteiger partial charge is 0.496 e. The lowest BCUT2D eigenvalue weighted by Crippen LogP contribution is -2.51. The average Bonchev–Trinajstić information content (AvgIpc) is 3.33. The summed E-state index contributed by atoms with van der Waals surface area (Å²) < 4.78 is 5.59. The van der Waals surface area contributed by atoms with E-state index in [1.165, 1.54) is 0 Å². The van der Waals surface area contributed by atoms with Crippen molar-refractivity contribution in [2.24, 2.45) is 5.92 Å². The van der Waals surface area contributed by atoms with Crippen LogP contribution in [-0.4, -0.2) is 49.5 Å². The van der Waals surface area contributed by atoms with Gasteiger partial charge in [-0.05, 0) is 43.5 Å². The maximum absolute atomic E-state index is 13.1. The molecule has 1 saturated heterocycles. The first-order valence-electron chi connectivity index (χ1n) is 11.5. The molecule has 0 spiro atoms. The average molecular weight is 438 g/mol. The standard InChI is InChI=1S/C26H35N3O3/c1-19(2)25(28-24(30)17-20-11-5-4-6-12-20)26(31)27-18-22(29-15-9-10-16-29)21-13-7-8-14-23(21)32-3/h4-8,11-14,19,22,25H,9-10,15-18H2,1-3H3,(H,27,31)(H,28,30)/t22-,25+/m0/s1. The third kappa shape index (κ3) is 6.33. The van der Waals surface area contributed by atoms with E-state index in [1.54, 1.807) is 7.11 Å². The van der Waals surface area contributed by atoms with Gasteiger partial charge < -0.3 is 15.4 Å². The second-order valence-corrected chi connectivity index (χ2v) is 8.70. The molecule has 3 rings (SSSR count). The van der Waals surface area contributed by atoms with Gasteiger partial charge in [0.1, 0.15) is 11.8 Å². The summed E-state index contributed by atoms with van der Waals surface area (Å²) in [5.74, 6) is 0.507. The van der Waals surface area contributed by atoms with E-state index in [-0.39, 0.29) is 30.2 Å². The van der Waals surface area contributed by atoms with Gasteiger partial charge in [0.25, 0.3) is 0 Å². The fourth-order valence-electron chi connectivity index (χ4n) is 4.28. The van der Waals surface area contributed by atoms with Crippen LogP contribution in [0.2, 0.25) is 0 Å². The van der Waals surface area contributed by atoms with E-state index >= 15 is 0 Å². The highest BCUT2D eigenvalue weighted by Crippen LogP contribution is 2.31. The van der Waals surface area contributed by atoms with Crippen molar-refractivity contribution in [3.63, 3.8) is 0 Å². The van der Waals surface area contributed by atoms with Crippen molar-refractivity contribution >= 4 is 11.8 Å². The number of amides is 2. The molecule has 2 N–H and O–H groups in total. The minimum Gasteiger partial charge on any atom is -0.496 e. The highest BCUT2D eigenvalue weighted by Gasteiger charge is 2.29. The maximum atomic E-state index is 13.1. The van der Waals surface area contributed by atoms with E-state index in [0.29, 0.717) is 6.54 Å². The Morgan fingerprint density at radius 1 is 1.00 bits per heavy atom. The second kappa shape index (κ2) is 11.7. The number of ether oxygens (including phenoxy) is 1. The molecule has 32 heavy (non-hydrogen) atoms. The summed E-state index contributed by atoms with van der Waals surface area (Å²) in [6.07, 6.45) is 2.57. The predicted octanol–water partition coefficient (Wildman–Crippen LogP) is 3.33. The SMILES string of the molecule is COc1ccccc1[C@H](CNC(=O)[C@H](NC(=O)Cc1ccccc1)C(C)C)N1CCCC1. The molecule has 2 atom stereocenters. The molecule has 0 bridgehead atoms. The van der Waals surface area contributed by atoms with Gasteiger partial charge >= 0.3 is 0 Å². The van der Waals surface area contributed by atoms with Crippen LogP contribution < -0.4 is 15.4 Å². The van der Waals surface area contributed by atoms with Crippen LogP contribution in [-0.2, 0) is 16.0 Å². The second-order valence-electron chi connectivity index (χ2n) is 8.70. The van der Waals surface area contributed by atoms with E-state index in [1.807, 2.05) is 62.4 Å². The molecule has 0 unspecified atom stereocenters. The van der Waals surface area contributed by atoms with E-state index < -0.39 is 6.04 Å². The van der Waals surface area contributed by atoms with Gasteiger partial charge in [-0.2, -0.15) is 0 Å². The topological polar surface area (TPSA) is 70.7 Å². The first kappa shape index (κ1) is 23.8. The number of rotatable bonds is 10. The van der Waals surface area contributed by atoms with E-state index in [2.05, 4.69) is 21.6 Å². The summed E-state index contributed by atoms with van der Waals surface area (Å²) in [5.41, 5.74) is 2.00. The first-order chi connectivity index (χ1) is 15.5. The Labute approximate surface area is 191 Å². The van der Waals surface area contributed by atoms with Gasteiger partial charge in [0, 0.05) is 12.1 Å². The molecule has 0 saturated carbocycles. The Hall–Kier alpha value is -2.86. The number of benzene rings is 2. The molecule has 0 aromatic heterocycles. The molecule has 172 valence electrons. The molecule has 2 aromatic rings. The fraction of sp³-hybridized carbons (Fsp3) is 0.462. The molecular formula is C26H35N3O3. The van der Waals surface area contributed by atoms with E-state index in [0.717, 1.165) is 42.8 Å². The first-order valence-corrected chi connectivity index (χ1v) is 11.5. The van der Waals surface area contributed by atoms with Crippen LogP contribution >= 0.6 is 0 Å². The van der Waals surface area contributed by atoms with Crippen LogP contribution in [0.15, 0.2) is 54.6 Å². The Bertz CT molecular complexity index is 879. The van der Waals surface area contributed by atoms with Crippen molar-refractivity contribution in [2.75, 3.05) is 26.7 Å². The molecule has 0 radical (unpaired) electrons. The summed E-state index contributed by atoms with van der Waals surface area (Å²) in [6.45, 7) is 6.37. The number of para-hydroxylation sites is 1. The van der Waals surface area contributed by atoms with Gasteiger partial charge in [-0.25, -0.2) is 0 Å². The van der Waals surface area contributed by atoms with Crippen molar-refractivity contribution in [3.8, 4) is 5.75 Å². The van der Waals surface area contributed by atoms with Crippen molar-refractivity contribution < 1.29 is 14.3 Å². The van der Waals surface area contributed by atoms with Gasteiger partial charge in [-0.15, -0.1) is 0 Å². The number of likely N-dealkylation sites (tertiary alicyclic amines) is 1. The zero-order valence-corrected chi connectivity index (χ0v) is 19.3. The van der Waals surface area contributed by atoms with Crippen molar-refractivity contribution in [1.29, 1.82) is 0 Å². The Kier molecular flexibility index (Phi) is 8.68. The van der Waals surface area contributed by atoms with Crippen LogP contribution in [0.5, 0.6) is 5.75 Å². The number of nitrogens with one attached hydrogen (secondary N) is 2. The summed E-state index contributed by atoms with van der Waals surface area (Å²) in [7, 11) is 1.68. The molecule has 6 heteroatoms. The van der Waals surface area contributed by atoms with E-state index in [4.69, 9.17) is 4.74 Å². The van der Waals surface area contributed by atoms with Crippen LogP contribution in [0.3, 0.4) is 0 Å². The van der Waals surface area contributed by atoms with Crippen molar-refractivity contribution in [3.05, 3.63) is 65.7 Å². The summed E-state index contributed by atoms with van der Waals surface area (Å²) in [6, 6.07) is 17.0. The smallest absolute Gasteiger partial charge is 0.242 e. The summed E-state index contributed by atoms with van der Waals surface area (Å²) in [4.78, 5) is 28.1. The molecule has 0 aliphatic carbocycles. The minimum atomic E-state index is -0.580. The van der Waals surface area contributed by atoms with Crippen LogP contribution in [0.4, 0.5) is 0 Å². The van der Waals surface area contributed by atoms with Gasteiger partial charge in [0.15, 0.2) is 0 Å². The van der Waals surface area contributed by atoms with Crippen LogP contribution in [0, 0.1) is 5.92 Å². The fourth-order valence-corrected chi connectivity index (χ4v) is 4.28. The Morgan fingerprint density at radius 2 is 1.66 bits per heavy atom. The Morgan fingerprint density at radius 3 is 2.31 bits per heavy atom. The number of methoxy groups -OCH3 is 1. The number of hydrogen-bond acceptors (Lipinski definition) is 4. The number of carbonyl (C=O) groups excluding carboxylic acids is 2. The monoisotopic (exact) mass is 437 g/mol. The van der Waals surface area contributed by atoms with Crippen LogP contribution in [0.1, 0.15) is 43.9 Å². The number of carbonyl (C=O) groups is 2. The van der Waals surface area contributed by atoms with Gasteiger partial charge in [0.2, 0.25) is 11.8 Å². The molecule has 2 aromatic carbocycles. The molecule has 1 fully saturated rings. The molecule has 1 aliphatic rings. The van der Waals surface area contributed by atoms with Gasteiger partial charge in [-0.1, -0.05) is 62.4 Å². The van der Waals surface area contributed by atoms with E-state index in [9.17, 15) is 9.59 Å². The zero-order chi connectivity index (χ0) is 22.9. The highest BCUT2D eigenvalue weighted by molar-refractivity contribution is 5.88. The molecule has 2 amide bonds. The van der Waals surface area contributed by atoms with Gasteiger partial charge in [0.05, 0.1) is 19.6 Å². The highest BCUT2D eigenvalue weighted by atomic mass is 16.5. The molecule has 6 nitrogen and oxygen atoms in total. The number of hydrogen-bond donors (Lipinski definition) is 2. The van der Waals surface area contributed by atoms with Crippen molar-refractivity contribution in [1.82, 2.24) is 15.5 Å². The van der Waals surface area contributed by atoms with Crippen molar-refractivity contribution in [2.45, 2.75) is 45.2 Å².